The maximum Gasteiger partial charge on any atom is 0.391 e. The smallest absolute Gasteiger partial charge is 0.258 e. The van der Waals surface area contributed by atoms with E-state index in [4.69, 9.17) is 0 Å². The summed E-state index contributed by atoms with van der Waals surface area (Å²) in [5, 5.41) is 0. The van der Waals surface area contributed by atoms with Gasteiger partial charge in [-0.3, -0.25) is 10.9 Å². The minimum atomic E-state index is -4.02. The van der Waals surface area contributed by atoms with E-state index in [-0.39, 0.29) is 46.8 Å². The molecule has 1 aliphatic heterocycles. The molecule has 0 unspecified atom stereocenters. The van der Waals surface area contributed by atoms with Crippen molar-refractivity contribution >= 4 is 34.0 Å². The summed E-state index contributed by atoms with van der Waals surface area (Å²) >= 11 is 0. The van der Waals surface area contributed by atoms with E-state index in [0.717, 1.165) is 0 Å². The van der Waals surface area contributed by atoms with Gasteiger partial charge in [0, 0.05) is 13.1 Å². The molecular formula is C6H13Br2F3N2. The molecule has 1 fully saturated rings. The van der Waals surface area contributed by atoms with Gasteiger partial charge in [0.1, 0.15) is 0 Å². The maximum absolute atomic E-state index is 12.1. The van der Waals surface area contributed by atoms with Crippen molar-refractivity contribution in [2.45, 2.75) is 19.0 Å². The molecule has 82 valence electrons. The van der Waals surface area contributed by atoms with E-state index in [1.165, 1.54) is 0 Å². The minimum absolute atomic E-state index is 0. The second kappa shape index (κ2) is 7.03. The van der Waals surface area contributed by atoms with Crippen LogP contribution in [0.4, 0.5) is 13.2 Å². The van der Waals surface area contributed by atoms with E-state index in [1.807, 2.05) is 0 Å². The minimum Gasteiger partial charge on any atom is -0.258 e. The van der Waals surface area contributed by atoms with Crippen LogP contribution in [0, 0.1) is 5.92 Å². The molecule has 13 heavy (non-hydrogen) atoms. The largest absolute Gasteiger partial charge is 0.391 e. The molecule has 0 bridgehead atoms. The van der Waals surface area contributed by atoms with Crippen LogP contribution in [-0.4, -0.2) is 19.3 Å². The fourth-order valence-electron chi connectivity index (χ4n) is 1.14. The zero-order chi connectivity index (χ0) is 8.32. The van der Waals surface area contributed by atoms with Crippen LogP contribution in [0.2, 0.25) is 0 Å². The first-order valence-electron chi connectivity index (χ1n) is 3.63. The van der Waals surface area contributed by atoms with Crippen LogP contribution in [0.5, 0.6) is 0 Å². The summed E-state index contributed by atoms with van der Waals surface area (Å²) in [7, 11) is 0. The number of hydrogen-bond acceptors (Lipinski definition) is 2. The summed E-state index contributed by atoms with van der Waals surface area (Å²) < 4.78 is 36.2. The standard InChI is InChI=1S/C6H11F3N2.2BrH/c7-6(8,9)5-1-3-10-11-4-2-5;;/h5,10-11H,1-4H2;2*1H. The zero-order valence-electron chi connectivity index (χ0n) is 6.86. The Kier molecular flexibility index (Phi) is 8.71. The van der Waals surface area contributed by atoms with Crippen LogP contribution in [-0.2, 0) is 0 Å². The molecule has 1 saturated heterocycles. The molecule has 0 saturated carbocycles. The molecule has 7 heteroatoms. The van der Waals surface area contributed by atoms with Crippen LogP contribution < -0.4 is 10.9 Å². The second-order valence-electron chi connectivity index (χ2n) is 2.67. The van der Waals surface area contributed by atoms with Gasteiger partial charge in [-0.05, 0) is 12.8 Å². The molecule has 0 aromatic carbocycles. The maximum atomic E-state index is 12.1. The Morgan fingerprint density at radius 3 is 1.62 bits per heavy atom. The predicted molar refractivity (Wildman–Crippen MR) is 55.4 cm³/mol. The summed E-state index contributed by atoms with van der Waals surface area (Å²) in [5.74, 6) is -1.13. The number of rotatable bonds is 0. The van der Waals surface area contributed by atoms with E-state index in [1.54, 1.807) is 0 Å². The van der Waals surface area contributed by atoms with Gasteiger partial charge in [-0.2, -0.15) is 13.2 Å². The number of hydrazine groups is 1. The Morgan fingerprint density at radius 1 is 0.923 bits per heavy atom. The lowest BCUT2D eigenvalue weighted by molar-refractivity contribution is -0.176. The van der Waals surface area contributed by atoms with Gasteiger partial charge < -0.3 is 0 Å². The third-order valence-corrected chi connectivity index (χ3v) is 1.82. The van der Waals surface area contributed by atoms with Crippen molar-refractivity contribution in [3.63, 3.8) is 0 Å². The quantitative estimate of drug-likeness (QED) is 0.712. The third-order valence-electron chi connectivity index (χ3n) is 1.82. The Morgan fingerprint density at radius 2 is 1.31 bits per heavy atom. The van der Waals surface area contributed by atoms with E-state index in [2.05, 4.69) is 10.9 Å². The van der Waals surface area contributed by atoms with Crippen LogP contribution >= 0.6 is 34.0 Å². The Hall–Kier alpha value is 0.670. The Labute approximate surface area is 96.2 Å². The van der Waals surface area contributed by atoms with Gasteiger partial charge in [0.2, 0.25) is 0 Å². The average molecular weight is 330 g/mol. The van der Waals surface area contributed by atoms with Gasteiger partial charge >= 0.3 is 6.18 Å². The highest BCUT2D eigenvalue weighted by molar-refractivity contribution is 8.93. The molecule has 0 atom stereocenters. The first-order valence-corrected chi connectivity index (χ1v) is 3.63. The van der Waals surface area contributed by atoms with Crippen LogP contribution in [0.1, 0.15) is 12.8 Å². The summed E-state index contributed by atoms with van der Waals surface area (Å²) in [4.78, 5) is 0. The molecule has 1 aliphatic rings. The summed E-state index contributed by atoms with van der Waals surface area (Å²) in [6, 6.07) is 0. The van der Waals surface area contributed by atoms with Gasteiger partial charge in [-0.15, -0.1) is 34.0 Å². The van der Waals surface area contributed by atoms with E-state index < -0.39 is 12.1 Å². The van der Waals surface area contributed by atoms with Crippen molar-refractivity contribution < 1.29 is 13.2 Å². The van der Waals surface area contributed by atoms with Crippen LogP contribution in [0.25, 0.3) is 0 Å². The van der Waals surface area contributed by atoms with Crippen molar-refractivity contribution in [3.05, 3.63) is 0 Å². The van der Waals surface area contributed by atoms with Gasteiger partial charge in [0.25, 0.3) is 0 Å². The van der Waals surface area contributed by atoms with E-state index >= 15 is 0 Å². The number of alkyl halides is 3. The SMILES string of the molecule is Br.Br.FC(F)(F)C1CCNNCC1. The lowest BCUT2D eigenvalue weighted by atomic mass is 10.0. The van der Waals surface area contributed by atoms with Gasteiger partial charge in [-0.1, -0.05) is 0 Å². The van der Waals surface area contributed by atoms with Gasteiger partial charge in [0.05, 0.1) is 5.92 Å². The molecule has 0 amide bonds. The van der Waals surface area contributed by atoms with Gasteiger partial charge in [-0.25, -0.2) is 0 Å². The molecule has 0 aliphatic carbocycles. The fourth-order valence-corrected chi connectivity index (χ4v) is 1.14. The molecular weight excluding hydrogens is 317 g/mol. The molecule has 0 radical (unpaired) electrons. The molecule has 2 nitrogen and oxygen atoms in total. The van der Waals surface area contributed by atoms with Crippen molar-refractivity contribution in [3.8, 4) is 0 Å². The van der Waals surface area contributed by atoms with Crippen LogP contribution in [0.15, 0.2) is 0 Å². The average Bonchev–Trinajstić information content (AvgIpc) is 2.10. The number of hydrogen-bond donors (Lipinski definition) is 2. The first-order chi connectivity index (χ1) is 5.11. The lowest BCUT2D eigenvalue weighted by Crippen LogP contribution is -2.30. The van der Waals surface area contributed by atoms with Crippen LogP contribution in [0.3, 0.4) is 0 Å². The molecule has 0 aromatic rings. The summed E-state index contributed by atoms with van der Waals surface area (Å²) in [6.45, 7) is 0.786. The van der Waals surface area contributed by atoms with Crippen molar-refractivity contribution in [2.75, 3.05) is 13.1 Å². The highest BCUT2D eigenvalue weighted by Crippen LogP contribution is 2.31. The summed E-state index contributed by atoms with van der Waals surface area (Å²) in [6.07, 6.45) is -3.67. The van der Waals surface area contributed by atoms with E-state index in [9.17, 15) is 13.2 Å². The van der Waals surface area contributed by atoms with E-state index in [0.29, 0.717) is 13.1 Å². The molecule has 0 aromatic heterocycles. The Bertz CT molecular complexity index is 124. The monoisotopic (exact) mass is 328 g/mol. The number of halogens is 5. The molecule has 0 spiro atoms. The topological polar surface area (TPSA) is 24.1 Å². The fraction of sp³-hybridized carbons (Fsp3) is 1.00. The zero-order valence-corrected chi connectivity index (χ0v) is 10.3. The molecule has 2 N–H and O–H groups in total. The molecule has 1 heterocycles. The highest BCUT2D eigenvalue weighted by Gasteiger charge is 2.38. The predicted octanol–water partition coefficient (Wildman–Crippen LogP) is 2.21. The normalized spacial score (nSPS) is 19.6. The van der Waals surface area contributed by atoms with Crippen molar-refractivity contribution in [2.24, 2.45) is 5.92 Å². The van der Waals surface area contributed by atoms with Crippen molar-refractivity contribution in [1.82, 2.24) is 10.9 Å². The summed E-state index contributed by atoms with van der Waals surface area (Å²) in [5.41, 5.74) is 5.40. The number of nitrogens with one attached hydrogen (secondary N) is 2. The third kappa shape index (κ3) is 5.87. The second-order valence-corrected chi connectivity index (χ2v) is 2.67. The highest BCUT2D eigenvalue weighted by atomic mass is 79.9. The Balaban J connectivity index is 0. The van der Waals surface area contributed by atoms with Crippen molar-refractivity contribution in [1.29, 1.82) is 0 Å². The molecule has 1 rings (SSSR count). The lowest BCUT2D eigenvalue weighted by Gasteiger charge is -2.16. The first kappa shape index (κ1) is 16.1. The van der Waals surface area contributed by atoms with Gasteiger partial charge in [0.15, 0.2) is 0 Å².